The van der Waals surface area contributed by atoms with Gasteiger partial charge in [0.25, 0.3) is 0 Å². The van der Waals surface area contributed by atoms with Crippen LogP contribution < -0.4 is 0 Å². The largest absolute Gasteiger partial charge is 0.381 e. The van der Waals surface area contributed by atoms with Crippen LogP contribution in [-0.4, -0.2) is 13.2 Å². The molecule has 1 heteroatoms. The van der Waals surface area contributed by atoms with Crippen molar-refractivity contribution in [1.29, 1.82) is 0 Å². The molecule has 1 aromatic rings. The van der Waals surface area contributed by atoms with Gasteiger partial charge in [-0.15, -0.1) is 0 Å². The normalized spacial score (nSPS) is 39.5. The predicted octanol–water partition coefficient (Wildman–Crippen LogP) is 4.81. The van der Waals surface area contributed by atoms with Crippen LogP contribution in [0.5, 0.6) is 0 Å². The summed E-state index contributed by atoms with van der Waals surface area (Å²) in [6, 6.07) is 11.2. The average Bonchev–Trinajstić information content (AvgIpc) is 2.38. The minimum absolute atomic E-state index is 0.377. The molecule has 0 heterocycles. The summed E-state index contributed by atoms with van der Waals surface area (Å²) in [4.78, 5) is 0. The van der Waals surface area contributed by atoms with Gasteiger partial charge in [-0.3, -0.25) is 0 Å². The van der Waals surface area contributed by atoms with Crippen molar-refractivity contribution < 1.29 is 4.74 Å². The Morgan fingerprint density at radius 1 is 1.05 bits per heavy atom. The molecule has 110 valence electrons. The third-order valence-corrected chi connectivity index (χ3v) is 5.68. The Labute approximate surface area is 123 Å². The highest BCUT2D eigenvalue weighted by Crippen LogP contribution is 2.58. The van der Waals surface area contributed by atoms with Gasteiger partial charge < -0.3 is 4.74 Å². The molecule has 0 N–H and O–H groups in total. The van der Waals surface area contributed by atoms with Crippen molar-refractivity contribution in [3.05, 3.63) is 35.9 Å². The third-order valence-electron chi connectivity index (χ3n) is 5.68. The molecule has 3 rings (SSSR count). The van der Waals surface area contributed by atoms with E-state index >= 15 is 0 Å². The molecule has 0 aliphatic heterocycles. The number of ether oxygens (including phenoxy) is 1. The molecule has 2 bridgehead atoms. The molecule has 2 fully saturated rings. The second-order valence-corrected chi connectivity index (χ2v) is 8.04. The van der Waals surface area contributed by atoms with Gasteiger partial charge >= 0.3 is 0 Å². The van der Waals surface area contributed by atoms with E-state index in [0.29, 0.717) is 28.8 Å². The number of fused-ring (bicyclic) bond motifs is 2. The molecule has 4 unspecified atom stereocenters. The van der Waals surface area contributed by atoms with Crippen LogP contribution in [0, 0.1) is 17.3 Å². The van der Waals surface area contributed by atoms with Crippen LogP contribution in [0.25, 0.3) is 0 Å². The van der Waals surface area contributed by atoms with Crippen molar-refractivity contribution in [1.82, 2.24) is 0 Å². The lowest BCUT2D eigenvalue weighted by molar-refractivity contribution is -0.0866. The SMILES string of the molecule is COC1C(C)CC2(c3ccccc3)CC1CC(C)(C)C2. The minimum atomic E-state index is 0.377. The van der Waals surface area contributed by atoms with Crippen LogP contribution in [0.15, 0.2) is 30.3 Å². The van der Waals surface area contributed by atoms with Crippen molar-refractivity contribution in [2.75, 3.05) is 7.11 Å². The zero-order chi connectivity index (χ0) is 14.4. The van der Waals surface area contributed by atoms with Gasteiger partial charge in [-0.2, -0.15) is 0 Å². The van der Waals surface area contributed by atoms with Gasteiger partial charge in [0.1, 0.15) is 0 Å². The lowest BCUT2D eigenvalue weighted by atomic mass is 9.50. The molecule has 2 saturated carbocycles. The lowest BCUT2D eigenvalue weighted by Gasteiger charge is -2.56. The first-order valence-electron chi connectivity index (χ1n) is 8.04. The molecule has 1 nitrogen and oxygen atoms in total. The molecule has 0 amide bonds. The van der Waals surface area contributed by atoms with Gasteiger partial charge in [0.05, 0.1) is 6.10 Å². The zero-order valence-corrected chi connectivity index (χ0v) is 13.4. The molecule has 2 aliphatic rings. The van der Waals surface area contributed by atoms with Gasteiger partial charge in [-0.05, 0) is 53.9 Å². The second-order valence-electron chi connectivity index (χ2n) is 8.04. The van der Waals surface area contributed by atoms with E-state index in [4.69, 9.17) is 4.74 Å². The van der Waals surface area contributed by atoms with Crippen molar-refractivity contribution in [2.45, 2.75) is 58.0 Å². The summed E-state index contributed by atoms with van der Waals surface area (Å²) in [7, 11) is 1.90. The standard InChI is InChI=1S/C19H28O/c1-14-10-19(16-8-6-5-7-9-16)12-15(17(14)20-4)11-18(2,3)13-19/h5-9,14-15,17H,10-13H2,1-4H3. The molecular formula is C19H28O. The molecule has 2 aliphatic carbocycles. The molecule has 0 aromatic heterocycles. The lowest BCUT2D eigenvalue weighted by Crippen LogP contribution is -2.52. The maximum Gasteiger partial charge on any atom is 0.0625 e. The van der Waals surface area contributed by atoms with Crippen LogP contribution in [-0.2, 0) is 10.2 Å². The summed E-state index contributed by atoms with van der Waals surface area (Å²) < 4.78 is 5.86. The third kappa shape index (κ3) is 2.30. The van der Waals surface area contributed by atoms with Crippen LogP contribution in [0.1, 0.15) is 52.0 Å². The summed E-state index contributed by atoms with van der Waals surface area (Å²) in [5.41, 5.74) is 2.36. The quantitative estimate of drug-likeness (QED) is 0.751. The fourth-order valence-electron chi connectivity index (χ4n) is 5.48. The van der Waals surface area contributed by atoms with Gasteiger partial charge in [0.2, 0.25) is 0 Å². The van der Waals surface area contributed by atoms with E-state index in [9.17, 15) is 0 Å². The number of benzene rings is 1. The Morgan fingerprint density at radius 3 is 2.40 bits per heavy atom. The van der Waals surface area contributed by atoms with Gasteiger partial charge in [-0.25, -0.2) is 0 Å². The van der Waals surface area contributed by atoms with Crippen LogP contribution in [0.2, 0.25) is 0 Å². The van der Waals surface area contributed by atoms with Crippen molar-refractivity contribution in [2.24, 2.45) is 17.3 Å². The Balaban J connectivity index is 2.01. The average molecular weight is 272 g/mol. The van der Waals surface area contributed by atoms with Gasteiger partial charge in [-0.1, -0.05) is 51.1 Å². The first kappa shape index (κ1) is 14.1. The molecule has 4 atom stereocenters. The zero-order valence-electron chi connectivity index (χ0n) is 13.4. The maximum absolute atomic E-state index is 5.86. The highest BCUT2D eigenvalue weighted by molar-refractivity contribution is 5.29. The Kier molecular flexibility index (Phi) is 3.44. The highest BCUT2D eigenvalue weighted by atomic mass is 16.5. The second kappa shape index (κ2) is 4.87. The number of hydrogen-bond donors (Lipinski definition) is 0. The Hall–Kier alpha value is -0.820. The summed E-state index contributed by atoms with van der Waals surface area (Å²) in [5.74, 6) is 1.38. The van der Waals surface area contributed by atoms with Crippen LogP contribution in [0.3, 0.4) is 0 Å². The molecule has 1 aromatic carbocycles. The summed E-state index contributed by atoms with van der Waals surface area (Å²) in [6.07, 6.45) is 5.66. The van der Waals surface area contributed by atoms with E-state index in [1.165, 1.54) is 25.7 Å². The Morgan fingerprint density at radius 2 is 1.75 bits per heavy atom. The molecule has 20 heavy (non-hydrogen) atoms. The number of rotatable bonds is 2. The van der Waals surface area contributed by atoms with Crippen molar-refractivity contribution in [3.63, 3.8) is 0 Å². The molecule has 0 saturated heterocycles. The van der Waals surface area contributed by atoms with Crippen molar-refractivity contribution in [3.8, 4) is 0 Å². The predicted molar refractivity (Wildman–Crippen MR) is 83.8 cm³/mol. The fourth-order valence-corrected chi connectivity index (χ4v) is 5.48. The first-order chi connectivity index (χ1) is 9.46. The summed E-state index contributed by atoms with van der Waals surface area (Å²) >= 11 is 0. The summed E-state index contributed by atoms with van der Waals surface area (Å²) in [5, 5.41) is 0. The molecule has 0 spiro atoms. The smallest absolute Gasteiger partial charge is 0.0625 e. The first-order valence-corrected chi connectivity index (χ1v) is 8.04. The minimum Gasteiger partial charge on any atom is -0.381 e. The van der Waals surface area contributed by atoms with E-state index in [0.717, 1.165) is 0 Å². The maximum atomic E-state index is 5.86. The topological polar surface area (TPSA) is 9.23 Å². The highest BCUT2D eigenvalue weighted by Gasteiger charge is 2.52. The fraction of sp³-hybridized carbons (Fsp3) is 0.684. The van der Waals surface area contributed by atoms with Crippen LogP contribution in [0.4, 0.5) is 0 Å². The van der Waals surface area contributed by atoms with E-state index in [1.54, 1.807) is 5.56 Å². The van der Waals surface area contributed by atoms with Crippen LogP contribution >= 0.6 is 0 Å². The van der Waals surface area contributed by atoms with Crippen molar-refractivity contribution >= 4 is 0 Å². The molecular weight excluding hydrogens is 244 g/mol. The Bertz CT molecular complexity index is 460. The number of methoxy groups -OCH3 is 1. The molecule has 0 radical (unpaired) electrons. The van der Waals surface area contributed by atoms with E-state index in [2.05, 4.69) is 51.1 Å². The summed E-state index contributed by atoms with van der Waals surface area (Å²) in [6.45, 7) is 7.27. The van der Waals surface area contributed by atoms with E-state index in [1.807, 2.05) is 7.11 Å². The van der Waals surface area contributed by atoms with E-state index < -0.39 is 0 Å². The van der Waals surface area contributed by atoms with Gasteiger partial charge in [0.15, 0.2) is 0 Å². The van der Waals surface area contributed by atoms with Gasteiger partial charge in [0, 0.05) is 7.11 Å². The monoisotopic (exact) mass is 272 g/mol. The number of hydrogen-bond acceptors (Lipinski definition) is 1. The van der Waals surface area contributed by atoms with E-state index in [-0.39, 0.29) is 0 Å².